The number of rotatable bonds is 7. The molecule has 1 aliphatic rings. The molecular weight excluding hydrogens is 290 g/mol. The fourth-order valence-corrected chi connectivity index (χ4v) is 2.70. The van der Waals surface area contributed by atoms with Crippen LogP contribution in [-0.2, 0) is 9.59 Å². The molecule has 1 fully saturated rings. The lowest BCUT2D eigenvalue weighted by Gasteiger charge is -2.32. The Morgan fingerprint density at radius 3 is 2.62 bits per heavy atom. The fraction of sp³-hybridized carbons (Fsp3) is 0.867. The number of piperidine rings is 1. The molecule has 1 atom stereocenters. The van der Waals surface area contributed by atoms with Gasteiger partial charge in [-0.25, -0.2) is 0 Å². The number of nitrogens with one attached hydrogen (secondary N) is 2. The van der Waals surface area contributed by atoms with E-state index < -0.39 is 0 Å². The molecule has 1 saturated heterocycles. The minimum Gasteiger partial charge on any atom is -0.354 e. The Labute approximate surface area is 134 Å². The van der Waals surface area contributed by atoms with Gasteiger partial charge < -0.3 is 15.5 Å². The molecule has 0 radical (unpaired) electrons. The van der Waals surface area contributed by atoms with Crippen LogP contribution in [0.25, 0.3) is 0 Å². The van der Waals surface area contributed by atoms with Crippen molar-refractivity contribution < 1.29 is 9.59 Å². The van der Waals surface area contributed by atoms with Crippen LogP contribution in [0.5, 0.6) is 0 Å². The van der Waals surface area contributed by atoms with Gasteiger partial charge in [0, 0.05) is 32.0 Å². The lowest BCUT2D eigenvalue weighted by molar-refractivity contribution is -0.133. The summed E-state index contributed by atoms with van der Waals surface area (Å²) in [6.45, 7) is 6.59. The van der Waals surface area contributed by atoms with Gasteiger partial charge in [0.1, 0.15) is 0 Å². The van der Waals surface area contributed by atoms with Crippen molar-refractivity contribution in [1.29, 1.82) is 0 Å². The predicted octanol–water partition coefficient (Wildman–Crippen LogP) is 1.56. The number of carbonyl (C=O) groups excluding carboxylic acids is 2. The maximum absolute atomic E-state index is 12.1. The van der Waals surface area contributed by atoms with Crippen molar-refractivity contribution >= 4 is 24.2 Å². The zero-order valence-corrected chi connectivity index (χ0v) is 14.3. The van der Waals surface area contributed by atoms with Crippen LogP contribution >= 0.6 is 12.4 Å². The molecule has 2 amide bonds. The number of amides is 2. The standard InChI is InChI=1S/C15H29N3O2.ClH/c1-12(2)17-14(19)7-4-8-15(20)18-9-5-6-13(11-18)10-16-3;/h12-13,16H,4-11H2,1-3H3,(H,17,19);1H. The summed E-state index contributed by atoms with van der Waals surface area (Å²) in [6.07, 6.45) is 3.85. The summed E-state index contributed by atoms with van der Waals surface area (Å²) in [7, 11) is 1.95. The Hall–Kier alpha value is -0.810. The van der Waals surface area contributed by atoms with E-state index in [0.717, 1.165) is 26.1 Å². The molecule has 124 valence electrons. The Kier molecular flexibility index (Phi) is 10.4. The summed E-state index contributed by atoms with van der Waals surface area (Å²) in [4.78, 5) is 25.6. The van der Waals surface area contributed by atoms with Crippen molar-refractivity contribution in [3.63, 3.8) is 0 Å². The van der Waals surface area contributed by atoms with Gasteiger partial charge in [-0.1, -0.05) is 0 Å². The zero-order chi connectivity index (χ0) is 15.0. The van der Waals surface area contributed by atoms with Crippen molar-refractivity contribution in [2.24, 2.45) is 5.92 Å². The molecule has 5 nitrogen and oxygen atoms in total. The molecule has 1 unspecified atom stereocenters. The fourth-order valence-electron chi connectivity index (χ4n) is 2.70. The summed E-state index contributed by atoms with van der Waals surface area (Å²) >= 11 is 0. The molecular formula is C15H30ClN3O2. The highest BCUT2D eigenvalue weighted by molar-refractivity contribution is 5.85. The molecule has 0 saturated carbocycles. The molecule has 0 aliphatic carbocycles. The lowest BCUT2D eigenvalue weighted by atomic mass is 9.97. The average molecular weight is 320 g/mol. The van der Waals surface area contributed by atoms with Crippen molar-refractivity contribution in [3.8, 4) is 0 Å². The summed E-state index contributed by atoms with van der Waals surface area (Å²) in [6, 6.07) is 0.169. The maximum atomic E-state index is 12.1. The van der Waals surface area contributed by atoms with E-state index in [4.69, 9.17) is 0 Å². The number of likely N-dealkylation sites (tertiary alicyclic amines) is 1. The molecule has 21 heavy (non-hydrogen) atoms. The molecule has 1 heterocycles. The number of carbonyl (C=O) groups is 2. The third kappa shape index (κ3) is 8.27. The van der Waals surface area contributed by atoms with Gasteiger partial charge in [0.05, 0.1) is 0 Å². The molecule has 0 aromatic carbocycles. The normalized spacial score (nSPS) is 18.3. The second-order valence-electron chi connectivity index (χ2n) is 5.98. The van der Waals surface area contributed by atoms with E-state index in [1.807, 2.05) is 25.8 Å². The van der Waals surface area contributed by atoms with E-state index in [1.165, 1.54) is 6.42 Å². The van der Waals surface area contributed by atoms with Crippen LogP contribution < -0.4 is 10.6 Å². The van der Waals surface area contributed by atoms with Crippen LogP contribution in [0.15, 0.2) is 0 Å². The Balaban J connectivity index is 0.00000400. The summed E-state index contributed by atoms with van der Waals surface area (Å²) in [5.74, 6) is 0.810. The maximum Gasteiger partial charge on any atom is 0.222 e. The van der Waals surface area contributed by atoms with E-state index in [-0.39, 0.29) is 30.3 Å². The van der Waals surface area contributed by atoms with Crippen LogP contribution in [0.4, 0.5) is 0 Å². The van der Waals surface area contributed by atoms with Gasteiger partial charge in [0.25, 0.3) is 0 Å². The van der Waals surface area contributed by atoms with Crippen molar-refractivity contribution in [2.75, 3.05) is 26.7 Å². The van der Waals surface area contributed by atoms with Gasteiger partial charge in [-0.15, -0.1) is 12.4 Å². The lowest BCUT2D eigenvalue weighted by Crippen LogP contribution is -2.42. The van der Waals surface area contributed by atoms with E-state index in [0.29, 0.717) is 25.2 Å². The molecule has 1 rings (SSSR count). The minimum absolute atomic E-state index is 0. The zero-order valence-electron chi connectivity index (χ0n) is 13.5. The Bertz CT molecular complexity index is 322. The molecule has 2 N–H and O–H groups in total. The summed E-state index contributed by atoms with van der Waals surface area (Å²) < 4.78 is 0. The Morgan fingerprint density at radius 1 is 1.29 bits per heavy atom. The van der Waals surface area contributed by atoms with Crippen LogP contribution in [-0.4, -0.2) is 49.4 Å². The first-order valence-corrected chi connectivity index (χ1v) is 7.74. The third-order valence-electron chi connectivity index (χ3n) is 3.61. The predicted molar refractivity (Wildman–Crippen MR) is 87.6 cm³/mol. The van der Waals surface area contributed by atoms with Gasteiger partial charge in [0.2, 0.25) is 11.8 Å². The highest BCUT2D eigenvalue weighted by atomic mass is 35.5. The molecule has 1 aliphatic heterocycles. The second-order valence-corrected chi connectivity index (χ2v) is 5.98. The Morgan fingerprint density at radius 2 is 2.00 bits per heavy atom. The monoisotopic (exact) mass is 319 g/mol. The van der Waals surface area contributed by atoms with Gasteiger partial charge in [-0.2, -0.15) is 0 Å². The van der Waals surface area contributed by atoms with Crippen molar-refractivity contribution in [2.45, 2.75) is 52.0 Å². The van der Waals surface area contributed by atoms with Gasteiger partial charge in [-0.3, -0.25) is 9.59 Å². The summed E-state index contributed by atoms with van der Waals surface area (Å²) in [5, 5.41) is 6.03. The highest BCUT2D eigenvalue weighted by Gasteiger charge is 2.22. The quantitative estimate of drug-likeness (QED) is 0.748. The number of nitrogens with zero attached hydrogens (tertiary/aromatic N) is 1. The first kappa shape index (κ1) is 20.2. The highest BCUT2D eigenvalue weighted by Crippen LogP contribution is 2.17. The number of hydrogen-bond donors (Lipinski definition) is 2. The van der Waals surface area contributed by atoms with Gasteiger partial charge in [0.15, 0.2) is 0 Å². The molecule has 0 aromatic rings. The summed E-state index contributed by atoms with van der Waals surface area (Å²) in [5.41, 5.74) is 0. The molecule has 0 spiro atoms. The van der Waals surface area contributed by atoms with E-state index in [1.54, 1.807) is 0 Å². The molecule has 0 aromatic heterocycles. The number of halogens is 1. The van der Waals surface area contributed by atoms with Crippen LogP contribution in [0, 0.1) is 5.92 Å². The van der Waals surface area contributed by atoms with E-state index >= 15 is 0 Å². The first-order valence-electron chi connectivity index (χ1n) is 7.74. The van der Waals surface area contributed by atoms with Crippen LogP contribution in [0.2, 0.25) is 0 Å². The van der Waals surface area contributed by atoms with Gasteiger partial charge in [-0.05, 0) is 52.6 Å². The topological polar surface area (TPSA) is 61.4 Å². The smallest absolute Gasteiger partial charge is 0.222 e. The minimum atomic E-state index is 0. The van der Waals surface area contributed by atoms with E-state index in [2.05, 4.69) is 10.6 Å². The van der Waals surface area contributed by atoms with Crippen molar-refractivity contribution in [3.05, 3.63) is 0 Å². The third-order valence-corrected chi connectivity index (χ3v) is 3.61. The SMILES string of the molecule is CNCC1CCCN(C(=O)CCCC(=O)NC(C)C)C1.Cl. The first-order chi connectivity index (χ1) is 9.52. The van der Waals surface area contributed by atoms with E-state index in [9.17, 15) is 9.59 Å². The average Bonchev–Trinajstić information content (AvgIpc) is 2.38. The van der Waals surface area contributed by atoms with Crippen LogP contribution in [0.1, 0.15) is 46.0 Å². The largest absolute Gasteiger partial charge is 0.354 e. The van der Waals surface area contributed by atoms with Crippen molar-refractivity contribution in [1.82, 2.24) is 15.5 Å². The number of hydrogen-bond acceptors (Lipinski definition) is 3. The van der Waals surface area contributed by atoms with Gasteiger partial charge >= 0.3 is 0 Å². The molecule has 0 bridgehead atoms. The molecule has 6 heteroatoms. The second kappa shape index (κ2) is 10.9. The van der Waals surface area contributed by atoms with Crippen LogP contribution in [0.3, 0.4) is 0 Å².